The van der Waals surface area contributed by atoms with E-state index in [9.17, 15) is 19.8 Å². The lowest BCUT2D eigenvalue weighted by molar-refractivity contribution is -0.137. The largest absolute Gasteiger partial charge is 0.492 e. The van der Waals surface area contributed by atoms with E-state index in [0.29, 0.717) is 44.8 Å². The molecule has 2 N–H and O–H groups in total. The summed E-state index contributed by atoms with van der Waals surface area (Å²) in [4.78, 5) is 31.3. The zero-order chi connectivity index (χ0) is 34.4. The molecular weight excluding hydrogens is 616 g/mol. The molecule has 49 heavy (non-hydrogen) atoms. The van der Waals surface area contributed by atoms with Crippen molar-refractivity contribution < 1.29 is 29.3 Å². The lowest BCUT2D eigenvalue weighted by Crippen LogP contribution is -2.39. The zero-order valence-corrected chi connectivity index (χ0v) is 29.8. The number of ketones is 1. The Kier molecular flexibility index (Phi) is 15.0. The number of fused-ring (bicyclic) bond motifs is 1. The molecule has 2 aliphatic carbocycles. The van der Waals surface area contributed by atoms with Crippen LogP contribution in [0.1, 0.15) is 113 Å². The molecule has 0 spiro atoms. The molecule has 1 saturated carbocycles. The zero-order valence-electron chi connectivity index (χ0n) is 29.8. The molecule has 1 heterocycles. The van der Waals surface area contributed by atoms with Crippen LogP contribution < -0.4 is 4.74 Å². The standard InChI is InChI=1S/C41H60N2O6/c1-2-3-5-13-35(44)28-34(27-31-10-6-4-7-11-31)38(45)19-20-40(47)43(41-37-14-9-8-12-33(37)29-39(41)46)30-32-15-17-36(18-16-32)49-26-23-42-21-24-48-25-22-42/h8-9,12,14-18,31,34,38-39,41,45-46H,2-7,10-11,13,19-30H2,1H3/t34-,38+,39-,41+/m1/s1. The third-order valence-corrected chi connectivity index (χ3v) is 11.0. The van der Waals surface area contributed by atoms with Gasteiger partial charge < -0.3 is 24.6 Å². The van der Waals surface area contributed by atoms with Gasteiger partial charge in [-0.05, 0) is 59.9 Å². The van der Waals surface area contributed by atoms with Crippen molar-refractivity contribution in [3.05, 3.63) is 65.2 Å². The summed E-state index contributed by atoms with van der Waals surface area (Å²) in [5.41, 5.74) is 3.01. The highest BCUT2D eigenvalue weighted by molar-refractivity contribution is 5.79. The number of morpholine rings is 1. The fourth-order valence-corrected chi connectivity index (χ4v) is 8.12. The van der Waals surface area contributed by atoms with E-state index in [-0.39, 0.29) is 24.0 Å². The molecule has 0 bridgehead atoms. The number of hydrogen-bond acceptors (Lipinski definition) is 7. The number of amides is 1. The Labute approximate surface area is 294 Å². The highest BCUT2D eigenvalue weighted by Gasteiger charge is 2.38. The Balaban J connectivity index is 1.24. The summed E-state index contributed by atoms with van der Waals surface area (Å²) in [6.07, 6.45) is 10.5. The van der Waals surface area contributed by atoms with Crippen LogP contribution in [0.15, 0.2) is 48.5 Å². The van der Waals surface area contributed by atoms with Crippen molar-refractivity contribution in [2.45, 2.75) is 122 Å². The Morgan fingerprint density at radius 2 is 1.76 bits per heavy atom. The van der Waals surface area contributed by atoms with Crippen LogP contribution in [0.3, 0.4) is 0 Å². The summed E-state index contributed by atoms with van der Waals surface area (Å²) in [6.45, 7) is 7.33. The maximum atomic E-state index is 14.2. The molecule has 3 aliphatic rings. The van der Waals surface area contributed by atoms with Gasteiger partial charge in [0.2, 0.25) is 5.91 Å². The Morgan fingerprint density at radius 1 is 1.00 bits per heavy atom. The minimum Gasteiger partial charge on any atom is -0.492 e. The molecule has 2 aromatic rings. The van der Waals surface area contributed by atoms with Gasteiger partial charge in [0.05, 0.1) is 31.5 Å². The number of carbonyl (C=O) groups excluding carboxylic acids is 2. The van der Waals surface area contributed by atoms with E-state index in [1.54, 1.807) is 0 Å². The number of rotatable bonds is 19. The maximum absolute atomic E-state index is 14.2. The third-order valence-electron chi connectivity index (χ3n) is 11.0. The number of unbranched alkanes of at least 4 members (excludes halogenated alkanes) is 2. The van der Waals surface area contributed by atoms with Crippen LogP contribution in [0, 0.1) is 11.8 Å². The topological polar surface area (TPSA) is 99.5 Å². The Hall–Kier alpha value is -2.78. The lowest BCUT2D eigenvalue weighted by Gasteiger charge is -2.33. The van der Waals surface area contributed by atoms with Crippen LogP contribution in [-0.4, -0.2) is 83.4 Å². The fraction of sp³-hybridized carbons (Fsp3) is 0.659. The minimum atomic E-state index is -0.711. The number of carbonyl (C=O) groups is 2. The van der Waals surface area contributed by atoms with Crippen LogP contribution in [0.5, 0.6) is 5.75 Å². The predicted octanol–water partition coefficient (Wildman–Crippen LogP) is 6.65. The minimum absolute atomic E-state index is 0.0867. The molecule has 1 saturated heterocycles. The van der Waals surface area contributed by atoms with Gasteiger partial charge in [0.1, 0.15) is 18.1 Å². The van der Waals surface area contributed by atoms with E-state index in [2.05, 4.69) is 11.8 Å². The molecule has 270 valence electrons. The number of Topliss-reactive ketones (excluding diaryl/α,β-unsaturated/α-hetero) is 1. The lowest BCUT2D eigenvalue weighted by atomic mass is 9.78. The van der Waals surface area contributed by atoms with E-state index in [4.69, 9.17) is 9.47 Å². The first kappa shape index (κ1) is 37.5. The molecule has 1 aliphatic heterocycles. The fourth-order valence-electron chi connectivity index (χ4n) is 8.12. The van der Waals surface area contributed by atoms with Crippen LogP contribution in [-0.2, 0) is 27.3 Å². The maximum Gasteiger partial charge on any atom is 0.223 e. The monoisotopic (exact) mass is 676 g/mol. The first-order valence-corrected chi connectivity index (χ1v) is 19.2. The Morgan fingerprint density at radius 3 is 2.51 bits per heavy atom. The smallest absolute Gasteiger partial charge is 0.223 e. The highest BCUT2D eigenvalue weighted by Crippen LogP contribution is 2.38. The summed E-state index contributed by atoms with van der Waals surface area (Å²) in [5.74, 6) is 1.36. The van der Waals surface area contributed by atoms with Gasteiger partial charge in [-0.15, -0.1) is 0 Å². The second-order valence-electron chi connectivity index (χ2n) is 14.7. The number of nitrogens with zero attached hydrogens (tertiary/aromatic N) is 2. The molecule has 5 rings (SSSR count). The van der Waals surface area contributed by atoms with Crippen LogP contribution in [0.4, 0.5) is 0 Å². The van der Waals surface area contributed by atoms with E-state index in [0.717, 1.165) is 93.8 Å². The molecule has 2 fully saturated rings. The molecular formula is C41H60N2O6. The van der Waals surface area contributed by atoms with Crippen molar-refractivity contribution >= 4 is 11.7 Å². The van der Waals surface area contributed by atoms with Crippen molar-refractivity contribution in [2.24, 2.45) is 11.8 Å². The average Bonchev–Trinajstić information content (AvgIpc) is 3.46. The van der Waals surface area contributed by atoms with Crippen molar-refractivity contribution in [2.75, 3.05) is 39.5 Å². The second-order valence-corrected chi connectivity index (χ2v) is 14.7. The van der Waals surface area contributed by atoms with E-state index in [1.807, 2.05) is 53.4 Å². The van der Waals surface area contributed by atoms with E-state index in [1.165, 1.54) is 19.3 Å². The summed E-state index contributed by atoms with van der Waals surface area (Å²) in [6, 6.07) is 15.4. The van der Waals surface area contributed by atoms with Gasteiger partial charge in [-0.1, -0.05) is 88.3 Å². The number of benzene rings is 2. The van der Waals surface area contributed by atoms with E-state index < -0.39 is 18.2 Å². The summed E-state index contributed by atoms with van der Waals surface area (Å²) in [7, 11) is 0. The van der Waals surface area contributed by atoms with Crippen molar-refractivity contribution in [1.29, 1.82) is 0 Å². The van der Waals surface area contributed by atoms with Crippen LogP contribution >= 0.6 is 0 Å². The quantitative estimate of drug-likeness (QED) is 0.161. The first-order valence-electron chi connectivity index (χ1n) is 19.2. The van der Waals surface area contributed by atoms with Crippen LogP contribution in [0.25, 0.3) is 0 Å². The number of ether oxygens (including phenoxy) is 2. The number of aliphatic hydroxyl groups excluding tert-OH is 2. The van der Waals surface area contributed by atoms with Gasteiger partial charge >= 0.3 is 0 Å². The second kappa shape index (κ2) is 19.6. The third kappa shape index (κ3) is 11.4. The SMILES string of the molecule is CCCCCC(=O)C[C@@H](CC1CCCCC1)[C@@H](O)CCC(=O)N(Cc1ccc(OCCN2CCOCC2)cc1)[C@H]1c2ccccc2C[C@H]1O. The molecule has 0 unspecified atom stereocenters. The first-order chi connectivity index (χ1) is 23.9. The van der Waals surface area contributed by atoms with Crippen molar-refractivity contribution in [3.63, 3.8) is 0 Å². The van der Waals surface area contributed by atoms with Crippen LogP contribution in [0.2, 0.25) is 0 Å². The van der Waals surface area contributed by atoms with Crippen molar-refractivity contribution in [3.8, 4) is 5.75 Å². The molecule has 1 amide bonds. The molecule has 8 heteroatoms. The van der Waals surface area contributed by atoms with Gasteiger partial charge in [0, 0.05) is 51.9 Å². The normalized spacial score (nSPS) is 21.2. The highest BCUT2D eigenvalue weighted by atomic mass is 16.5. The number of hydrogen-bond donors (Lipinski definition) is 2. The van der Waals surface area contributed by atoms with Gasteiger partial charge in [-0.25, -0.2) is 0 Å². The molecule has 4 atom stereocenters. The number of aliphatic hydroxyl groups is 2. The molecule has 0 radical (unpaired) electrons. The van der Waals surface area contributed by atoms with Gasteiger partial charge in [0.25, 0.3) is 0 Å². The van der Waals surface area contributed by atoms with Gasteiger partial charge in [-0.2, -0.15) is 0 Å². The molecule has 8 nitrogen and oxygen atoms in total. The van der Waals surface area contributed by atoms with Gasteiger partial charge in [-0.3, -0.25) is 14.5 Å². The van der Waals surface area contributed by atoms with Crippen molar-refractivity contribution in [1.82, 2.24) is 9.80 Å². The summed E-state index contributed by atoms with van der Waals surface area (Å²) >= 11 is 0. The van der Waals surface area contributed by atoms with Gasteiger partial charge in [0.15, 0.2) is 0 Å². The molecule has 0 aromatic heterocycles. The molecule has 2 aromatic carbocycles. The summed E-state index contributed by atoms with van der Waals surface area (Å²) < 4.78 is 11.5. The van der Waals surface area contributed by atoms with E-state index >= 15 is 0 Å². The Bertz CT molecular complexity index is 1290. The average molecular weight is 677 g/mol. The predicted molar refractivity (Wildman–Crippen MR) is 192 cm³/mol. The summed E-state index contributed by atoms with van der Waals surface area (Å²) in [5, 5.41) is 22.8.